The Morgan fingerprint density at radius 3 is 2.76 bits per heavy atom. The second-order valence-electron chi connectivity index (χ2n) is 5.46. The summed E-state index contributed by atoms with van der Waals surface area (Å²) in [7, 11) is 0. The van der Waals surface area contributed by atoms with Crippen molar-refractivity contribution in [3.8, 4) is 0 Å². The van der Waals surface area contributed by atoms with Crippen molar-refractivity contribution in [3.05, 3.63) is 59.2 Å². The van der Waals surface area contributed by atoms with Crippen molar-refractivity contribution in [1.29, 1.82) is 0 Å². The summed E-state index contributed by atoms with van der Waals surface area (Å²) in [6.07, 6.45) is 3.51. The summed E-state index contributed by atoms with van der Waals surface area (Å²) in [4.78, 5) is 38.3. The number of amides is 1. The fourth-order valence-corrected chi connectivity index (χ4v) is 2.61. The highest BCUT2D eigenvalue weighted by Gasteiger charge is 2.18. The van der Waals surface area contributed by atoms with Gasteiger partial charge in [-0.05, 0) is 12.0 Å². The molecule has 0 aliphatic carbocycles. The van der Waals surface area contributed by atoms with E-state index in [1.807, 2.05) is 25.1 Å². The number of esters is 1. The summed E-state index contributed by atoms with van der Waals surface area (Å²) in [5.41, 5.74) is 7.54. The van der Waals surface area contributed by atoms with Crippen molar-refractivity contribution in [3.63, 3.8) is 0 Å². The molecular weight excluding hydrogens is 324 g/mol. The second-order valence-corrected chi connectivity index (χ2v) is 5.46. The molecule has 0 spiro atoms. The van der Waals surface area contributed by atoms with E-state index in [1.54, 1.807) is 6.20 Å². The maximum Gasteiger partial charge on any atom is 0.341 e. The van der Waals surface area contributed by atoms with Gasteiger partial charge < -0.3 is 19.9 Å². The molecule has 0 aliphatic heterocycles. The van der Waals surface area contributed by atoms with Crippen LogP contribution in [0.25, 0.3) is 10.9 Å². The van der Waals surface area contributed by atoms with Crippen LogP contribution in [0.4, 0.5) is 0 Å². The molecule has 0 fully saturated rings. The van der Waals surface area contributed by atoms with E-state index >= 15 is 0 Å². The van der Waals surface area contributed by atoms with Crippen LogP contribution in [-0.2, 0) is 11.2 Å². The standard InChI is InChI=1S/C18H16N2O5/c1-2-10-4-3-5-12-13(7-20-16(10)12)14(21)9-25-18(23)11-6-15(17(19)22)24-8-11/h3-8,20H,2,9H2,1H3,(H2,19,22). The third kappa shape index (κ3) is 3.16. The summed E-state index contributed by atoms with van der Waals surface area (Å²) in [5, 5.41) is 0.791. The van der Waals surface area contributed by atoms with Crippen LogP contribution < -0.4 is 5.73 Å². The molecule has 1 amide bonds. The topological polar surface area (TPSA) is 115 Å². The van der Waals surface area contributed by atoms with E-state index in [9.17, 15) is 14.4 Å². The molecule has 1 aromatic carbocycles. The SMILES string of the molecule is CCc1cccc2c(C(=O)COC(=O)c3coc(C(N)=O)c3)c[nH]c12. The molecular formula is C18H16N2O5. The van der Waals surface area contributed by atoms with E-state index < -0.39 is 18.5 Å². The van der Waals surface area contributed by atoms with Gasteiger partial charge >= 0.3 is 5.97 Å². The zero-order valence-electron chi connectivity index (χ0n) is 13.5. The van der Waals surface area contributed by atoms with Gasteiger partial charge in [-0.2, -0.15) is 0 Å². The first-order valence-corrected chi connectivity index (χ1v) is 7.69. The summed E-state index contributed by atoms with van der Waals surface area (Å²) in [6.45, 7) is 1.61. The number of hydrogen-bond donors (Lipinski definition) is 2. The number of carbonyl (C=O) groups excluding carboxylic acids is 3. The number of Topliss-reactive ketones (excluding diaryl/α,β-unsaturated/α-hetero) is 1. The number of furan rings is 1. The molecule has 7 heteroatoms. The number of ketones is 1. The van der Waals surface area contributed by atoms with Crippen molar-refractivity contribution >= 4 is 28.6 Å². The summed E-state index contributed by atoms with van der Waals surface area (Å²) >= 11 is 0. The predicted octanol–water partition coefficient (Wildman–Crippen LogP) is 2.46. The van der Waals surface area contributed by atoms with E-state index in [0.717, 1.165) is 29.2 Å². The lowest BCUT2D eigenvalue weighted by molar-refractivity contribution is 0.0474. The number of aromatic nitrogens is 1. The van der Waals surface area contributed by atoms with Crippen LogP contribution in [0, 0.1) is 0 Å². The Bertz CT molecular complexity index is 967. The number of rotatable bonds is 6. The summed E-state index contributed by atoms with van der Waals surface area (Å²) in [5.74, 6) is -2.03. The molecule has 7 nitrogen and oxygen atoms in total. The maximum absolute atomic E-state index is 12.4. The molecule has 25 heavy (non-hydrogen) atoms. The number of H-pyrrole nitrogens is 1. The fourth-order valence-electron chi connectivity index (χ4n) is 2.61. The smallest absolute Gasteiger partial charge is 0.341 e. The Balaban J connectivity index is 1.72. The van der Waals surface area contributed by atoms with Gasteiger partial charge in [0.05, 0.1) is 5.56 Å². The molecule has 0 unspecified atom stereocenters. The highest BCUT2D eigenvalue weighted by molar-refractivity contribution is 6.09. The molecule has 0 radical (unpaired) electrons. The van der Waals surface area contributed by atoms with E-state index in [1.165, 1.54) is 6.07 Å². The van der Waals surface area contributed by atoms with Crippen LogP contribution in [0.5, 0.6) is 0 Å². The molecule has 2 aromatic heterocycles. The minimum atomic E-state index is -0.791. The number of nitrogens with one attached hydrogen (secondary N) is 1. The number of nitrogens with two attached hydrogens (primary N) is 1. The first-order chi connectivity index (χ1) is 12.0. The van der Waals surface area contributed by atoms with Gasteiger partial charge in [0.2, 0.25) is 5.78 Å². The van der Waals surface area contributed by atoms with E-state index in [2.05, 4.69) is 4.98 Å². The van der Waals surface area contributed by atoms with Crippen molar-refractivity contribution < 1.29 is 23.5 Å². The lowest BCUT2D eigenvalue weighted by Gasteiger charge is -2.03. The van der Waals surface area contributed by atoms with Crippen molar-refractivity contribution in [2.45, 2.75) is 13.3 Å². The summed E-state index contributed by atoms with van der Waals surface area (Å²) in [6, 6.07) is 6.89. The van der Waals surface area contributed by atoms with Gasteiger partial charge in [-0.25, -0.2) is 4.79 Å². The Morgan fingerprint density at radius 1 is 1.28 bits per heavy atom. The van der Waals surface area contributed by atoms with E-state index in [0.29, 0.717) is 5.56 Å². The van der Waals surface area contributed by atoms with Crippen LogP contribution in [-0.4, -0.2) is 29.3 Å². The van der Waals surface area contributed by atoms with Gasteiger partial charge in [0.25, 0.3) is 5.91 Å². The van der Waals surface area contributed by atoms with Crippen LogP contribution in [0.1, 0.15) is 43.8 Å². The number of benzene rings is 1. The van der Waals surface area contributed by atoms with Crippen molar-refractivity contribution in [2.24, 2.45) is 5.73 Å². The van der Waals surface area contributed by atoms with Gasteiger partial charge in [-0.1, -0.05) is 25.1 Å². The molecule has 128 valence electrons. The molecule has 3 aromatic rings. The molecule has 3 rings (SSSR count). The van der Waals surface area contributed by atoms with Crippen LogP contribution in [0.3, 0.4) is 0 Å². The Labute approximate surface area is 142 Å². The van der Waals surface area contributed by atoms with Gasteiger partial charge in [0, 0.05) is 28.7 Å². The number of para-hydroxylation sites is 1. The van der Waals surface area contributed by atoms with E-state index in [-0.39, 0.29) is 17.1 Å². The quantitative estimate of drug-likeness (QED) is 0.528. The van der Waals surface area contributed by atoms with E-state index in [4.69, 9.17) is 14.9 Å². The molecule has 2 heterocycles. The van der Waals surface area contributed by atoms with Crippen LogP contribution >= 0.6 is 0 Å². The average Bonchev–Trinajstić information content (AvgIpc) is 3.26. The van der Waals surface area contributed by atoms with Crippen LogP contribution in [0.15, 0.2) is 41.1 Å². The second kappa shape index (κ2) is 6.64. The highest BCUT2D eigenvalue weighted by atomic mass is 16.5. The molecule has 0 atom stereocenters. The lowest BCUT2D eigenvalue weighted by atomic mass is 10.1. The Morgan fingerprint density at radius 2 is 2.08 bits per heavy atom. The predicted molar refractivity (Wildman–Crippen MR) is 89.5 cm³/mol. The highest BCUT2D eigenvalue weighted by Crippen LogP contribution is 2.22. The minimum absolute atomic E-state index is 0.0220. The largest absolute Gasteiger partial charge is 0.458 e. The number of primary amides is 1. The van der Waals surface area contributed by atoms with Gasteiger partial charge in [-0.15, -0.1) is 0 Å². The van der Waals surface area contributed by atoms with Crippen molar-refractivity contribution in [1.82, 2.24) is 4.98 Å². The monoisotopic (exact) mass is 340 g/mol. The van der Waals surface area contributed by atoms with Gasteiger partial charge in [-0.3, -0.25) is 9.59 Å². The minimum Gasteiger partial charge on any atom is -0.458 e. The summed E-state index contributed by atoms with van der Waals surface area (Å²) < 4.78 is 9.84. The Kier molecular flexibility index (Phi) is 4.38. The maximum atomic E-state index is 12.4. The normalized spacial score (nSPS) is 10.8. The first kappa shape index (κ1) is 16.5. The Hall–Kier alpha value is -3.35. The average molecular weight is 340 g/mol. The fraction of sp³-hybridized carbons (Fsp3) is 0.167. The van der Waals surface area contributed by atoms with Gasteiger partial charge in [0.1, 0.15) is 6.26 Å². The third-order valence-corrected chi connectivity index (χ3v) is 3.90. The number of aryl methyl sites for hydroxylation is 1. The molecule has 0 saturated heterocycles. The van der Waals surface area contributed by atoms with Gasteiger partial charge in [0.15, 0.2) is 12.4 Å². The zero-order valence-corrected chi connectivity index (χ0v) is 13.5. The number of ether oxygens (including phenoxy) is 1. The third-order valence-electron chi connectivity index (χ3n) is 3.90. The zero-order chi connectivity index (χ0) is 18.0. The molecule has 0 bridgehead atoms. The lowest BCUT2D eigenvalue weighted by Crippen LogP contribution is -2.14. The number of carbonyl (C=O) groups is 3. The molecule has 3 N–H and O–H groups in total. The number of fused-ring (bicyclic) bond motifs is 1. The van der Waals surface area contributed by atoms with Crippen molar-refractivity contribution in [2.75, 3.05) is 6.61 Å². The number of hydrogen-bond acceptors (Lipinski definition) is 5. The molecule has 0 aliphatic rings. The van der Waals surface area contributed by atoms with Crippen LogP contribution in [0.2, 0.25) is 0 Å². The first-order valence-electron chi connectivity index (χ1n) is 7.69. The molecule has 0 saturated carbocycles. The number of aromatic amines is 1.